The van der Waals surface area contributed by atoms with E-state index in [4.69, 9.17) is 0 Å². The van der Waals surface area contributed by atoms with Crippen molar-refractivity contribution in [1.29, 1.82) is 0 Å². The van der Waals surface area contributed by atoms with Crippen molar-refractivity contribution in [3.8, 4) is 5.69 Å². The number of hydrogen-bond acceptors (Lipinski definition) is 2. The summed E-state index contributed by atoms with van der Waals surface area (Å²) in [6.45, 7) is 4.09. The van der Waals surface area contributed by atoms with E-state index < -0.39 is 0 Å². The van der Waals surface area contributed by atoms with E-state index in [1.807, 2.05) is 43.3 Å². The molecule has 5 heteroatoms. The van der Waals surface area contributed by atoms with E-state index in [1.54, 1.807) is 12.3 Å². The molecule has 0 aliphatic carbocycles. The maximum atomic E-state index is 12.2. The molecule has 0 aliphatic rings. The Morgan fingerprint density at radius 1 is 1.08 bits per heavy atom. The second kappa shape index (κ2) is 7.49. The number of benzene rings is 2. The summed E-state index contributed by atoms with van der Waals surface area (Å²) in [6.07, 6.45) is 1.68. The zero-order valence-electron chi connectivity index (χ0n) is 14.0. The van der Waals surface area contributed by atoms with E-state index in [2.05, 4.69) is 56.1 Å². The lowest BCUT2D eigenvalue weighted by molar-refractivity contribution is 0.0954. The number of hydrazone groups is 1. The number of para-hydroxylation sites is 1. The molecule has 4 nitrogen and oxygen atoms in total. The maximum absolute atomic E-state index is 12.2. The standard InChI is InChI=1S/C20H18BrN3O/c1-14-12-16(15(2)24(14)17-8-4-3-5-9-17)13-22-23-20(25)18-10-6-7-11-19(18)21/h3-13H,1-2H3,(H,23,25). The third-order valence-electron chi connectivity index (χ3n) is 3.97. The van der Waals surface area contributed by atoms with Crippen LogP contribution in [-0.4, -0.2) is 16.7 Å². The van der Waals surface area contributed by atoms with Crippen LogP contribution in [0.5, 0.6) is 0 Å². The normalized spacial score (nSPS) is 11.0. The zero-order valence-corrected chi connectivity index (χ0v) is 15.6. The van der Waals surface area contributed by atoms with Crippen molar-refractivity contribution >= 4 is 28.1 Å². The first-order chi connectivity index (χ1) is 12.1. The summed E-state index contributed by atoms with van der Waals surface area (Å²) in [6, 6.07) is 19.5. The Labute approximate surface area is 155 Å². The van der Waals surface area contributed by atoms with Crippen molar-refractivity contribution in [2.45, 2.75) is 13.8 Å². The van der Waals surface area contributed by atoms with Crippen LogP contribution < -0.4 is 5.43 Å². The number of amides is 1. The number of carbonyl (C=O) groups is 1. The molecule has 3 rings (SSSR count). The quantitative estimate of drug-likeness (QED) is 0.508. The van der Waals surface area contributed by atoms with Crippen molar-refractivity contribution < 1.29 is 4.79 Å². The summed E-state index contributed by atoms with van der Waals surface area (Å²) in [7, 11) is 0. The summed E-state index contributed by atoms with van der Waals surface area (Å²) in [5.41, 5.74) is 7.38. The first kappa shape index (κ1) is 17.2. The number of aromatic nitrogens is 1. The minimum absolute atomic E-state index is 0.249. The second-order valence-electron chi connectivity index (χ2n) is 5.68. The van der Waals surface area contributed by atoms with Gasteiger partial charge in [0.05, 0.1) is 11.8 Å². The molecular weight excluding hydrogens is 378 g/mol. The Morgan fingerprint density at radius 3 is 2.48 bits per heavy atom. The van der Waals surface area contributed by atoms with Crippen LogP contribution in [0.25, 0.3) is 5.69 Å². The molecule has 0 saturated heterocycles. The molecule has 0 saturated carbocycles. The molecular formula is C20H18BrN3O. The van der Waals surface area contributed by atoms with Crippen LogP contribution in [0.15, 0.2) is 70.2 Å². The van der Waals surface area contributed by atoms with Crippen molar-refractivity contribution in [3.63, 3.8) is 0 Å². The lowest BCUT2D eigenvalue weighted by atomic mass is 10.2. The average molecular weight is 396 g/mol. The Hall–Kier alpha value is -2.66. The first-order valence-electron chi connectivity index (χ1n) is 7.90. The summed E-state index contributed by atoms with van der Waals surface area (Å²) in [4.78, 5) is 12.2. The van der Waals surface area contributed by atoms with Gasteiger partial charge in [0.25, 0.3) is 5.91 Å². The van der Waals surface area contributed by atoms with Gasteiger partial charge in [0, 0.05) is 27.1 Å². The lowest BCUT2D eigenvalue weighted by Gasteiger charge is -2.09. The van der Waals surface area contributed by atoms with Gasteiger partial charge in [-0.25, -0.2) is 5.43 Å². The number of carbonyl (C=O) groups excluding carboxylic acids is 1. The number of halogens is 1. The van der Waals surface area contributed by atoms with E-state index in [1.165, 1.54) is 0 Å². The third-order valence-corrected chi connectivity index (χ3v) is 4.66. The highest BCUT2D eigenvalue weighted by Crippen LogP contribution is 2.19. The van der Waals surface area contributed by atoms with Gasteiger partial charge >= 0.3 is 0 Å². The Bertz CT molecular complexity index is 929. The number of aryl methyl sites for hydroxylation is 1. The number of nitrogens with zero attached hydrogens (tertiary/aromatic N) is 2. The van der Waals surface area contributed by atoms with Crippen LogP contribution in [0, 0.1) is 13.8 Å². The molecule has 1 heterocycles. The van der Waals surface area contributed by atoms with Gasteiger partial charge in [0.1, 0.15) is 0 Å². The average Bonchev–Trinajstić information content (AvgIpc) is 2.89. The maximum Gasteiger partial charge on any atom is 0.272 e. The first-order valence-corrected chi connectivity index (χ1v) is 8.69. The molecule has 0 fully saturated rings. The van der Waals surface area contributed by atoms with Gasteiger partial charge < -0.3 is 4.57 Å². The third kappa shape index (κ3) is 3.72. The van der Waals surface area contributed by atoms with Crippen molar-refractivity contribution in [2.75, 3.05) is 0 Å². The van der Waals surface area contributed by atoms with Crippen LogP contribution >= 0.6 is 15.9 Å². The van der Waals surface area contributed by atoms with Gasteiger partial charge in [-0.15, -0.1) is 0 Å². The highest BCUT2D eigenvalue weighted by atomic mass is 79.9. The fourth-order valence-electron chi connectivity index (χ4n) is 2.76. The molecule has 25 heavy (non-hydrogen) atoms. The van der Waals surface area contributed by atoms with Gasteiger partial charge in [-0.2, -0.15) is 5.10 Å². The van der Waals surface area contributed by atoms with E-state index >= 15 is 0 Å². The van der Waals surface area contributed by atoms with Crippen LogP contribution in [0.1, 0.15) is 27.3 Å². The van der Waals surface area contributed by atoms with E-state index in [0.717, 1.165) is 27.1 Å². The second-order valence-corrected chi connectivity index (χ2v) is 6.53. The lowest BCUT2D eigenvalue weighted by Crippen LogP contribution is -2.18. The minimum atomic E-state index is -0.249. The van der Waals surface area contributed by atoms with Crippen LogP contribution in [-0.2, 0) is 0 Å². The highest BCUT2D eigenvalue weighted by molar-refractivity contribution is 9.10. The molecule has 3 aromatic rings. The topological polar surface area (TPSA) is 46.4 Å². The largest absolute Gasteiger partial charge is 0.318 e. The van der Waals surface area contributed by atoms with Gasteiger partial charge in [0.2, 0.25) is 0 Å². The van der Waals surface area contributed by atoms with Crippen LogP contribution in [0.4, 0.5) is 0 Å². The molecule has 2 aromatic carbocycles. The fraction of sp³-hybridized carbons (Fsp3) is 0.100. The van der Waals surface area contributed by atoms with E-state index in [-0.39, 0.29) is 5.91 Å². The molecule has 126 valence electrons. The van der Waals surface area contributed by atoms with Crippen molar-refractivity contribution in [1.82, 2.24) is 9.99 Å². The molecule has 0 unspecified atom stereocenters. The molecule has 0 bridgehead atoms. The minimum Gasteiger partial charge on any atom is -0.318 e. The Balaban J connectivity index is 1.79. The van der Waals surface area contributed by atoms with Crippen LogP contribution in [0.2, 0.25) is 0 Å². The number of nitrogens with one attached hydrogen (secondary N) is 1. The molecule has 0 spiro atoms. The van der Waals surface area contributed by atoms with E-state index in [0.29, 0.717) is 5.56 Å². The van der Waals surface area contributed by atoms with Gasteiger partial charge in [0.15, 0.2) is 0 Å². The number of hydrogen-bond donors (Lipinski definition) is 1. The van der Waals surface area contributed by atoms with Gasteiger partial charge in [-0.1, -0.05) is 30.3 Å². The van der Waals surface area contributed by atoms with E-state index in [9.17, 15) is 4.79 Å². The number of rotatable bonds is 4. The fourth-order valence-corrected chi connectivity index (χ4v) is 3.22. The SMILES string of the molecule is Cc1cc(C=NNC(=O)c2ccccc2Br)c(C)n1-c1ccccc1. The predicted octanol–water partition coefficient (Wildman–Crippen LogP) is 4.62. The molecule has 1 aromatic heterocycles. The molecule has 0 radical (unpaired) electrons. The van der Waals surface area contributed by atoms with Crippen molar-refractivity contribution in [2.24, 2.45) is 5.10 Å². The van der Waals surface area contributed by atoms with Gasteiger partial charge in [-0.3, -0.25) is 4.79 Å². The highest BCUT2D eigenvalue weighted by Gasteiger charge is 2.10. The van der Waals surface area contributed by atoms with Crippen LogP contribution in [0.3, 0.4) is 0 Å². The smallest absolute Gasteiger partial charge is 0.272 e. The van der Waals surface area contributed by atoms with Gasteiger partial charge in [-0.05, 0) is 60.1 Å². The predicted molar refractivity (Wildman–Crippen MR) is 104 cm³/mol. The zero-order chi connectivity index (χ0) is 17.8. The molecule has 0 aliphatic heterocycles. The Morgan fingerprint density at radius 2 is 1.76 bits per heavy atom. The molecule has 1 amide bonds. The summed E-state index contributed by atoms with van der Waals surface area (Å²) >= 11 is 3.37. The molecule has 0 atom stereocenters. The summed E-state index contributed by atoms with van der Waals surface area (Å²) in [5.74, 6) is -0.249. The summed E-state index contributed by atoms with van der Waals surface area (Å²) < 4.78 is 2.90. The summed E-state index contributed by atoms with van der Waals surface area (Å²) in [5, 5.41) is 4.11. The monoisotopic (exact) mass is 395 g/mol. The molecule has 1 N–H and O–H groups in total. The van der Waals surface area contributed by atoms with Crippen molar-refractivity contribution in [3.05, 3.63) is 87.7 Å². The Kier molecular flexibility index (Phi) is 5.14.